The summed E-state index contributed by atoms with van der Waals surface area (Å²) < 4.78 is 0. The van der Waals surface area contributed by atoms with Crippen molar-refractivity contribution in [1.82, 2.24) is 4.90 Å². The van der Waals surface area contributed by atoms with Crippen LogP contribution in [-0.4, -0.2) is 36.2 Å². The summed E-state index contributed by atoms with van der Waals surface area (Å²) in [4.78, 5) is 16.6. The smallest absolute Gasteiger partial charge is 0.233 e. The first-order chi connectivity index (χ1) is 6.92. The molecule has 0 aromatic rings. The Bertz CT molecular complexity index is 298. The van der Waals surface area contributed by atoms with Crippen molar-refractivity contribution < 1.29 is 4.79 Å². The van der Waals surface area contributed by atoms with Crippen molar-refractivity contribution in [2.45, 2.75) is 18.9 Å². The third-order valence-electron chi connectivity index (χ3n) is 2.71. The summed E-state index contributed by atoms with van der Waals surface area (Å²) in [5.74, 6) is 0. The van der Waals surface area contributed by atoms with Gasteiger partial charge in [-0.15, -0.1) is 0 Å². The molecule has 2 rings (SSSR count). The van der Waals surface area contributed by atoms with Crippen LogP contribution in [0.2, 0.25) is 0 Å². The second-order valence-electron chi connectivity index (χ2n) is 3.59. The highest BCUT2D eigenvalue weighted by Gasteiger charge is 2.23. The van der Waals surface area contributed by atoms with Gasteiger partial charge in [0.15, 0.2) is 0 Å². The number of carbonyl (C=O) groups is 1. The van der Waals surface area contributed by atoms with Gasteiger partial charge in [-0.2, -0.15) is 0 Å². The summed E-state index contributed by atoms with van der Waals surface area (Å²) in [6, 6.07) is 0.215. The van der Waals surface area contributed by atoms with Gasteiger partial charge in [-0.05, 0) is 32.0 Å². The third kappa shape index (κ3) is 1.82. The summed E-state index contributed by atoms with van der Waals surface area (Å²) >= 11 is 0. The maximum Gasteiger partial charge on any atom is 0.233 e. The fourth-order valence-electron chi connectivity index (χ4n) is 2.03. The number of hydrogen-bond acceptors (Lipinski definition) is 2. The van der Waals surface area contributed by atoms with Crippen LogP contribution < -0.4 is 0 Å². The van der Waals surface area contributed by atoms with Gasteiger partial charge in [0.1, 0.15) is 0 Å². The average Bonchev–Trinajstić information content (AvgIpc) is 2.72. The Balaban J connectivity index is 2.15. The average molecular weight is 190 g/mol. The van der Waals surface area contributed by atoms with Gasteiger partial charge in [-0.3, -0.25) is 9.69 Å². The first-order valence-corrected chi connectivity index (χ1v) is 5.02. The molecule has 0 bridgehead atoms. The van der Waals surface area contributed by atoms with Crippen LogP contribution in [0.25, 0.3) is 0 Å². The fourth-order valence-corrected chi connectivity index (χ4v) is 2.03. The van der Waals surface area contributed by atoms with Crippen LogP contribution in [0.15, 0.2) is 29.3 Å². The van der Waals surface area contributed by atoms with Crippen molar-refractivity contribution in [3.05, 3.63) is 24.3 Å². The molecule has 0 aromatic carbocycles. The first-order valence-electron chi connectivity index (χ1n) is 5.02. The molecule has 3 nitrogen and oxygen atoms in total. The van der Waals surface area contributed by atoms with Crippen molar-refractivity contribution in [2.75, 3.05) is 13.1 Å². The minimum absolute atomic E-state index is 0.215. The van der Waals surface area contributed by atoms with Gasteiger partial charge >= 0.3 is 0 Å². The lowest BCUT2D eigenvalue weighted by Crippen LogP contribution is -2.37. The summed E-state index contributed by atoms with van der Waals surface area (Å²) in [6.07, 6.45) is 11.1. The van der Waals surface area contributed by atoms with Crippen molar-refractivity contribution in [2.24, 2.45) is 4.99 Å². The zero-order valence-electron chi connectivity index (χ0n) is 8.10. The molecule has 74 valence electrons. The molecular formula is C11H14N2O. The number of aliphatic imine (C=N–C) groups is 1. The van der Waals surface area contributed by atoms with Gasteiger partial charge in [-0.25, -0.2) is 4.99 Å². The Hall–Kier alpha value is -1.22. The summed E-state index contributed by atoms with van der Waals surface area (Å²) in [5.41, 5.74) is 0.865. The molecule has 0 N–H and O–H groups in total. The van der Waals surface area contributed by atoms with Gasteiger partial charge in [0, 0.05) is 0 Å². The summed E-state index contributed by atoms with van der Waals surface area (Å²) in [5, 5.41) is 0. The van der Waals surface area contributed by atoms with Gasteiger partial charge < -0.3 is 0 Å². The van der Waals surface area contributed by atoms with Crippen LogP contribution in [-0.2, 0) is 4.79 Å². The van der Waals surface area contributed by atoms with E-state index in [0.717, 1.165) is 18.8 Å². The van der Waals surface area contributed by atoms with E-state index in [1.54, 1.807) is 0 Å². The topological polar surface area (TPSA) is 32.7 Å². The van der Waals surface area contributed by atoms with E-state index in [-0.39, 0.29) is 6.04 Å². The number of rotatable bonds is 2. The molecule has 1 atom stereocenters. The van der Waals surface area contributed by atoms with Gasteiger partial charge in [0.25, 0.3) is 0 Å². The van der Waals surface area contributed by atoms with Crippen molar-refractivity contribution in [3.8, 4) is 0 Å². The molecule has 0 aromatic heterocycles. The van der Waals surface area contributed by atoms with E-state index >= 15 is 0 Å². The normalized spacial score (nSPS) is 30.0. The number of amides is 1. The monoisotopic (exact) mass is 190 g/mol. The zero-order valence-corrected chi connectivity index (χ0v) is 8.10. The second-order valence-corrected chi connectivity index (χ2v) is 3.59. The number of carbonyl (C=O) groups excluding carboxylic acids is 1. The maximum absolute atomic E-state index is 10.4. The van der Waals surface area contributed by atoms with Crippen LogP contribution in [0.4, 0.5) is 0 Å². The van der Waals surface area contributed by atoms with E-state index in [1.165, 1.54) is 12.8 Å². The molecule has 14 heavy (non-hydrogen) atoms. The van der Waals surface area contributed by atoms with E-state index in [4.69, 9.17) is 0 Å². The predicted octanol–water partition coefficient (Wildman–Crippen LogP) is 1.17. The van der Waals surface area contributed by atoms with Crippen LogP contribution in [0.5, 0.6) is 0 Å². The fraction of sp³-hybridized carbons (Fsp3) is 0.455. The molecule has 2 aliphatic rings. The summed E-state index contributed by atoms with van der Waals surface area (Å²) in [6.45, 7) is 2.22. The molecule has 1 aliphatic heterocycles. The molecule has 1 fully saturated rings. The Morgan fingerprint density at radius 3 is 2.86 bits per heavy atom. The molecule has 0 spiro atoms. The molecule has 1 aliphatic carbocycles. The second kappa shape index (κ2) is 4.33. The Kier molecular flexibility index (Phi) is 2.89. The molecule has 1 heterocycles. The predicted molar refractivity (Wildman–Crippen MR) is 56.4 cm³/mol. The van der Waals surface area contributed by atoms with E-state index in [1.807, 2.05) is 18.2 Å². The molecular weight excluding hydrogens is 176 g/mol. The number of nitrogens with zero attached hydrogens (tertiary/aromatic N) is 2. The molecule has 1 saturated heterocycles. The van der Waals surface area contributed by atoms with E-state index < -0.39 is 0 Å². The number of likely N-dealkylation sites (tertiary alicyclic amines) is 1. The lowest BCUT2D eigenvalue weighted by atomic mass is 10.1. The Morgan fingerprint density at radius 2 is 2.14 bits per heavy atom. The van der Waals surface area contributed by atoms with Gasteiger partial charge in [0.2, 0.25) is 6.41 Å². The largest absolute Gasteiger partial charge is 0.292 e. The summed E-state index contributed by atoms with van der Waals surface area (Å²) in [7, 11) is 0. The van der Waals surface area contributed by atoms with Gasteiger partial charge in [0.05, 0.1) is 11.8 Å². The van der Waals surface area contributed by atoms with Crippen LogP contribution >= 0.6 is 0 Å². The minimum Gasteiger partial charge on any atom is -0.292 e. The SMILES string of the molecule is O=CN=C1C=CC=CC1N1CCCC1. The maximum atomic E-state index is 10.4. The lowest BCUT2D eigenvalue weighted by molar-refractivity contribution is -0.106. The number of hydrogen-bond donors (Lipinski definition) is 0. The van der Waals surface area contributed by atoms with E-state index in [0.29, 0.717) is 6.41 Å². The van der Waals surface area contributed by atoms with E-state index in [2.05, 4.69) is 16.0 Å². The van der Waals surface area contributed by atoms with Crippen LogP contribution in [0.1, 0.15) is 12.8 Å². The minimum atomic E-state index is 0.215. The molecule has 1 amide bonds. The quantitative estimate of drug-likeness (QED) is 0.612. The van der Waals surface area contributed by atoms with Crippen molar-refractivity contribution in [1.29, 1.82) is 0 Å². The van der Waals surface area contributed by atoms with Crippen LogP contribution in [0.3, 0.4) is 0 Å². The molecule has 0 radical (unpaired) electrons. The van der Waals surface area contributed by atoms with Crippen molar-refractivity contribution >= 4 is 12.1 Å². The zero-order chi connectivity index (χ0) is 9.80. The molecule has 0 saturated carbocycles. The highest BCUT2D eigenvalue weighted by molar-refractivity contribution is 6.04. The number of allylic oxidation sites excluding steroid dienone is 2. The van der Waals surface area contributed by atoms with Crippen LogP contribution in [0, 0.1) is 0 Å². The molecule has 1 unspecified atom stereocenters. The Labute approximate surface area is 83.8 Å². The highest BCUT2D eigenvalue weighted by atomic mass is 16.1. The van der Waals surface area contributed by atoms with E-state index in [9.17, 15) is 4.79 Å². The highest BCUT2D eigenvalue weighted by Crippen LogP contribution is 2.16. The van der Waals surface area contributed by atoms with Crippen molar-refractivity contribution in [3.63, 3.8) is 0 Å². The Morgan fingerprint density at radius 1 is 1.36 bits per heavy atom. The lowest BCUT2D eigenvalue weighted by Gasteiger charge is -2.25. The standard InChI is InChI=1S/C11H14N2O/c14-9-12-10-5-1-2-6-11(10)13-7-3-4-8-13/h1-2,5-6,9,11H,3-4,7-8H2. The van der Waals surface area contributed by atoms with Gasteiger partial charge in [-0.1, -0.05) is 18.2 Å². The molecule has 3 heteroatoms. The first kappa shape index (κ1) is 9.34. The third-order valence-corrected chi connectivity index (χ3v) is 2.71.